The van der Waals surface area contributed by atoms with Crippen molar-refractivity contribution in [1.29, 1.82) is 0 Å². The number of hydrogen-bond acceptors (Lipinski definition) is 5. The lowest BCUT2D eigenvalue weighted by atomic mass is 10.2. The fourth-order valence-electron chi connectivity index (χ4n) is 1.80. The minimum atomic E-state index is -0.733. The smallest absolute Gasteiger partial charge is 0.312 e. The fraction of sp³-hybridized carbons (Fsp3) is 0.429. The lowest BCUT2D eigenvalue weighted by Gasteiger charge is -2.18. The summed E-state index contributed by atoms with van der Waals surface area (Å²) >= 11 is 1.58. The van der Waals surface area contributed by atoms with Crippen LogP contribution in [0.25, 0.3) is 0 Å². The number of hydrogen-bond donors (Lipinski definition) is 3. The van der Waals surface area contributed by atoms with E-state index in [0.29, 0.717) is 23.6 Å². The molecule has 0 aromatic heterocycles. The first-order chi connectivity index (χ1) is 10.5. The topological polar surface area (TPSA) is 103 Å². The molecule has 0 spiro atoms. The molecule has 8 heteroatoms. The molecule has 0 aliphatic rings. The summed E-state index contributed by atoms with van der Waals surface area (Å²) in [6, 6.07) is 3.61. The summed E-state index contributed by atoms with van der Waals surface area (Å²) in [6.07, 6.45) is 2.40. The predicted octanol–water partition coefficient (Wildman–Crippen LogP) is 1.43. The largest absolute Gasteiger partial charge is 0.497 e. The molecule has 0 saturated carbocycles. The van der Waals surface area contributed by atoms with E-state index in [1.807, 2.05) is 6.26 Å². The molecule has 0 aliphatic carbocycles. The number of carbonyl (C=O) groups excluding carboxylic acids is 2. The fourth-order valence-corrected chi connectivity index (χ4v) is 2.27. The molecule has 1 aromatic carbocycles. The van der Waals surface area contributed by atoms with E-state index in [9.17, 15) is 9.59 Å². The van der Waals surface area contributed by atoms with Crippen molar-refractivity contribution < 1.29 is 19.1 Å². The number of urea groups is 1. The van der Waals surface area contributed by atoms with Crippen LogP contribution in [-0.2, 0) is 4.79 Å². The van der Waals surface area contributed by atoms with Gasteiger partial charge in [-0.2, -0.15) is 11.8 Å². The van der Waals surface area contributed by atoms with E-state index in [1.165, 1.54) is 7.11 Å². The molecule has 22 heavy (non-hydrogen) atoms. The number of carbonyl (C=O) groups is 2. The van der Waals surface area contributed by atoms with Gasteiger partial charge < -0.3 is 25.8 Å². The first-order valence-corrected chi connectivity index (χ1v) is 7.99. The lowest BCUT2D eigenvalue weighted by molar-refractivity contribution is -0.118. The van der Waals surface area contributed by atoms with E-state index in [2.05, 4.69) is 10.6 Å². The molecule has 1 rings (SSSR count). The Morgan fingerprint density at radius 2 is 2.05 bits per heavy atom. The SMILES string of the molecule is COc1ccc(NC(=O)[C@H](CCSC)NC(N)=O)c(OC)c1. The number of rotatable bonds is 8. The molecular formula is C14H21N3O4S. The summed E-state index contributed by atoms with van der Waals surface area (Å²) in [6.45, 7) is 0. The summed E-state index contributed by atoms with van der Waals surface area (Å²) in [4.78, 5) is 23.3. The van der Waals surface area contributed by atoms with Crippen molar-refractivity contribution in [2.45, 2.75) is 12.5 Å². The van der Waals surface area contributed by atoms with Gasteiger partial charge >= 0.3 is 6.03 Å². The average Bonchev–Trinajstić information content (AvgIpc) is 2.51. The lowest BCUT2D eigenvalue weighted by Crippen LogP contribution is -2.46. The Morgan fingerprint density at radius 1 is 1.32 bits per heavy atom. The van der Waals surface area contributed by atoms with Crippen LogP contribution in [0.15, 0.2) is 18.2 Å². The molecule has 122 valence electrons. The van der Waals surface area contributed by atoms with Gasteiger partial charge in [-0.05, 0) is 30.6 Å². The van der Waals surface area contributed by atoms with Crippen molar-refractivity contribution in [3.63, 3.8) is 0 Å². The molecule has 0 aliphatic heterocycles. The Morgan fingerprint density at radius 3 is 2.59 bits per heavy atom. The number of benzene rings is 1. The van der Waals surface area contributed by atoms with Crippen LogP contribution in [-0.4, -0.2) is 44.2 Å². The van der Waals surface area contributed by atoms with Gasteiger partial charge in [-0.3, -0.25) is 4.79 Å². The van der Waals surface area contributed by atoms with Crippen LogP contribution in [0.1, 0.15) is 6.42 Å². The molecule has 4 N–H and O–H groups in total. The third-order valence-electron chi connectivity index (χ3n) is 2.91. The highest BCUT2D eigenvalue weighted by Gasteiger charge is 2.20. The van der Waals surface area contributed by atoms with Gasteiger partial charge in [0.1, 0.15) is 17.5 Å². The molecule has 0 saturated heterocycles. The van der Waals surface area contributed by atoms with Gasteiger partial charge in [-0.25, -0.2) is 4.79 Å². The van der Waals surface area contributed by atoms with Gasteiger partial charge in [0.15, 0.2) is 0 Å². The highest BCUT2D eigenvalue weighted by atomic mass is 32.2. The van der Waals surface area contributed by atoms with E-state index in [-0.39, 0.29) is 5.91 Å². The first kappa shape index (κ1) is 18.0. The summed E-state index contributed by atoms with van der Waals surface area (Å²) in [5, 5.41) is 5.17. The minimum absolute atomic E-state index is 0.351. The van der Waals surface area contributed by atoms with Crippen LogP contribution in [0, 0.1) is 0 Å². The quantitative estimate of drug-likeness (QED) is 0.670. The second-order valence-corrected chi connectivity index (χ2v) is 5.38. The van der Waals surface area contributed by atoms with Crippen molar-refractivity contribution in [2.24, 2.45) is 5.73 Å². The Labute approximate surface area is 133 Å². The summed E-state index contributed by atoms with van der Waals surface area (Å²) in [5.41, 5.74) is 5.61. The Balaban J connectivity index is 2.85. The molecular weight excluding hydrogens is 306 g/mol. The molecule has 3 amide bonds. The van der Waals surface area contributed by atoms with E-state index in [0.717, 1.165) is 5.75 Å². The standard InChI is InChI=1S/C14H21N3O4S/c1-20-9-4-5-10(12(8-9)21-2)16-13(18)11(6-7-22-3)17-14(15)19/h4-5,8,11H,6-7H2,1-3H3,(H,16,18)(H3,15,17,19)/t11-/m0/s1. The molecule has 0 radical (unpaired) electrons. The van der Waals surface area contributed by atoms with Crippen molar-refractivity contribution >= 4 is 29.4 Å². The van der Waals surface area contributed by atoms with Gasteiger partial charge in [-0.15, -0.1) is 0 Å². The van der Waals surface area contributed by atoms with Gasteiger partial charge in [0.05, 0.1) is 19.9 Å². The van der Waals surface area contributed by atoms with Crippen LogP contribution >= 0.6 is 11.8 Å². The molecule has 0 fully saturated rings. The highest BCUT2D eigenvalue weighted by Crippen LogP contribution is 2.29. The number of nitrogens with two attached hydrogens (primary N) is 1. The number of ether oxygens (including phenoxy) is 2. The zero-order valence-electron chi connectivity index (χ0n) is 12.8. The third kappa shape index (κ3) is 5.36. The normalized spacial score (nSPS) is 11.4. The first-order valence-electron chi connectivity index (χ1n) is 6.59. The molecule has 0 heterocycles. The zero-order valence-corrected chi connectivity index (χ0v) is 13.7. The van der Waals surface area contributed by atoms with Crippen molar-refractivity contribution in [2.75, 3.05) is 31.5 Å². The monoisotopic (exact) mass is 327 g/mol. The molecule has 0 unspecified atom stereocenters. The molecule has 0 bridgehead atoms. The number of primary amides is 1. The van der Waals surface area contributed by atoms with Crippen LogP contribution in [0.5, 0.6) is 11.5 Å². The van der Waals surface area contributed by atoms with E-state index in [1.54, 1.807) is 37.1 Å². The molecule has 1 atom stereocenters. The van der Waals surface area contributed by atoms with Crippen LogP contribution in [0.2, 0.25) is 0 Å². The second kappa shape index (κ2) is 9.04. The van der Waals surface area contributed by atoms with Crippen LogP contribution in [0.4, 0.5) is 10.5 Å². The van der Waals surface area contributed by atoms with Crippen molar-refractivity contribution in [3.8, 4) is 11.5 Å². The number of anilines is 1. The maximum Gasteiger partial charge on any atom is 0.312 e. The maximum absolute atomic E-state index is 12.3. The maximum atomic E-state index is 12.3. The van der Waals surface area contributed by atoms with Crippen molar-refractivity contribution in [1.82, 2.24) is 5.32 Å². The summed E-state index contributed by atoms with van der Waals surface area (Å²) in [5.74, 6) is 1.45. The Hall–Kier alpha value is -2.09. The average molecular weight is 327 g/mol. The van der Waals surface area contributed by atoms with Gasteiger partial charge in [0, 0.05) is 6.07 Å². The number of methoxy groups -OCH3 is 2. The predicted molar refractivity (Wildman–Crippen MR) is 87.7 cm³/mol. The number of thioether (sulfide) groups is 1. The summed E-state index contributed by atoms with van der Waals surface area (Å²) in [7, 11) is 3.04. The van der Waals surface area contributed by atoms with E-state index < -0.39 is 12.1 Å². The van der Waals surface area contributed by atoms with Crippen LogP contribution in [0.3, 0.4) is 0 Å². The zero-order chi connectivity index (χ0) is 16.5. The molecule has 7 nitrogen and oxygen atoms in total. The number of nitrogens with one attached hydrogen (secondary N) is 2. The van der Waals surface area contributed by atoms with E-state index in [4.69, 9.17) is 15.2 Å². The summed E-state index contributed by atoms with van der Waals surface area (Å²) < 4.78 is 10.3. The second-order valence-electron chi connectivity index (χ2n) is 4.40. The van der Waals surface area contributed by atoms with Gasteiger partial charge in [0.2, 0.25) is 5.91 Å². The van der Waals surface area contributed by atoms with Crippen LogP contribution < -0.4 is 25.8 Å². The Bertz CT molecular complexity index is 525. The van der Waals surface area contributed by atoms with Gasteiger partial charge in [-0.1, -0.05) is 0 Å². The van der Waals surface area contributed by atoms with Gasteiger partial charge in [0.25, 0.3) is 0 Å². The Kier molecular flexibility index (Phi) is 7.38. The van der Waals surface area contributed by atoms with E-state index >= 15 is 0 Å². The third-order valence-corrected chi connectivity index (χ3v) is 3.55. The molecule has 1 aromatic rings. The van der Waals surface area contributed by atoms with Crippen molar-refractivity contribution in [3.05, 3.63) is 18.2 Å². The number of amides is 3. The minimum Gasteiger partial charge on any atom is -0.497 e. The highest BCUT2D eigenvalue weighted by molar-refractivity contribution is 7.98.